The molecule has 0 fully saturated rings. The van der Waals surface area contributed by atoms with Crippen molar-refractivity contribution in [3.05, 3.63) is 223 Å². The second kappa shape index (κ2) is 20.7. The summed E-state index contributed by atoms with van der Waals surface area (Å²) in [6.45, 7) is 0.938. The van der Waals surface area contributed by atoms with Crippen molar-refractivity contribution in [3.63, 3.8) is 0 Å². The molecule has 12 nitrogen and oxygen atoms in total. The molecule has 0 aliphatic rings. The van der Waals surface area contributed by atoms with Gasteiger partial charge >= 0.3 is 0 Å². The van der Waals surface area contributed by atoms with Crippen LogP contribution in [0.25, 0.3) is 0 Å². The predicted octanol–water partition coefficient (Wildman–Crippen LogP) is 10.6. The number of thioether (sulfide) groups is 2. The summed E-state index contributed by atoms with van der Waals surface area (Å²) >= 11 is 5.93. The number of ketones is 2. The van der Waals surface area contributed by atoms with Crippen molar-refractivity contribution in [2.45, 2.75) is 34.4 Å². The maximum absolute atomic E-state index is 13.6. The molecule has 4 heterocycles. The zero-order chi connectivity index (χ0) is 45.2. The molecule has 0 saturated carbocycles. The molecule has 66 heavy (non-hydrogen) atoms. The molecule has 16 heteroatoms. The first-order valence-electron chi connectivity index (χ1n) is 20.6. The van der Waals surface area contributed by atoms with Gasteiger partial charge in [0, 0.05) is 55.9 Å². The molecule has 5 aromatic carbocycles. The van der Waals surface area contributed by atoms with Crippen LogP contribution in [-0.4, -0.2) is 53.4 Å². The van der Waals surface area contributed by atoms with E-state index in [-0.39, 0.29) is 23.4 Å². The number of aromatic nitrogens is 6. The molecule has 0 saturated heterocycles. The Balaban J connectivity index is 0.758. The number of carbonyl (C=O) groups is 4. The Morgan fingerprint density at radius 3 is 1.35 bits per heavy atom. The van der Waals surface area contributed by atoms with Crippen LogP contribution in [-0.2, 0) is 24.6 Å². The Morgan fingerprint density at radius 2 is 0.924 bits per heavy atom. The number of amides is 2. The van der Waals surface area contributed by atoms with Gasteiger partial charge in [0.25, 0.3) is 11.8 Å². The van der Waals surface area contributed by atoms with Gasteiger partial charge in [-0.1, -0.05) is 114 Å². The van der Waals surface area contributed by atoms with Gasteiger partial charge in [0.15, 0.2) is 11.6 Å². The summed E-state index contributed by atoms with van der Waals surface area (Å²) in [7, 11) is 0. The third kappa shape index (κ3) is 11.0. The van der Waals surface area contributed by atoms with Gasteiger partial charge in [0.2, 0.25) is 0 Å². The number of hydrogen-bond acceptors (Lipinski definition) is 12. The number of benzene rings is 5. The lowest BCUT2D eigenvalue weighted by Crippen LogP contribution is -2.10. The van der Waals surface area contributed by atoms with E-state index >= 15 is 0 Å². The summed E-state index contributed by atoms with van der Waals surface area (Å²) in [6.07, 6.45) is 3.78. The highest BCUT2D eigenvalue weighted by Gasteiger charge is 2.16. The Labute approximate surface area is 396 Å². The van der Waals surface area contributed by atoms with Crippen molar-refractivity contribution in [3.8, 4) is 0 Å². The van der Waals surface area contributed by atoms with Crippen molar-refractivity contribution in [1.29, 1.82) is 0 Å². The third-order valence-electron chi connectivity index (χ3n) is 10.2. The highest BCUT2D eigenvalue weighted by Crippen LogP contribution is 2.31. The van der Waals surface area contributed by atoms with E-state index in [0.29, 0.717) is 56.6 Å². The number of anilines is 2. The molecular formula is C50H38N8O4S4. The lowest BCUT2D eigenvalue weighted by molar-refractivity contribution is 0.102. The van der Waals surface area contributed by atoms with Crippen LogP contribution in [0.5, 0.6) is 0 Å². The van der Waals surface area contributed by atoms with E-state index in [1.165, 1.54) is 22.7 Å². The normalized spacial score (nSPS) is 11.0. The van der Waals surface area contributed by atoms with E-state index < -0.39 is 0 Å². The number of thiophene rings is 2. The highest BCUT2D eigenvalue weighted by atomic mass is 32.2. The molecule has 0 unspecified atom stereocenters. The molecule has 0 radical (unpaired) electrons. The van der Waals surface area contributed by atoms with Crippen LogP contribution in [0.1, 0.15) is 73.7 Å². The smallest absolute Gasteiger partial charge is 0.265 e. The second-order valence-corrected chi connectivity index (χ2v) is 18.8. The molecule has 4 aromatic heterocycles. The Morgan fingerprint density at radius 1 is 0.485 bits per heavy atom. The number of nitrogens with zero attached hydrogens (tertiary/aromatic N) is 6. The van der Waals surface area contributed by atoms with Gasteiger partial charge in [0.05, 0.1) is 45.6 Å². The monoisotopic (exact) mass is 942 g/mol. The molecular weight excluding hydrogens is 905 g/mol. The first kappa shape index (κ1) is 44.0. The van der Waals surface area contributed by atoms with Gasteiger partial charge in [-0.2, -0.15) is 0 Å². The average Bonchev–Trinajstić information content (AvgIpc) is 4.21. The first-order chi connectivity index (χ1) is 32.3. The van der Waals surface area contributed by atoms with Gasteiger partial charge in [-0.25, -0.2) is 9.36 Å². The molecule has 0 atom stereocenters. The molecule has 326 valence electrons. The highest BCUT2D eigenvalue weighted by molar-refractivity contribution is 7.99. The van der Waals surface area contributed by atoms with Crippen LogP contribution in [0.4, 0.5) is 11.4 Å². The summed E-state index contributed by atoms with van der Waals surface area (Å²) < 4.78 is 3.51. The summed E-state index contributed by atoms with van der Waals surface area (Å²) in [4.78, 5) is 55.6. The number of hydrogen-bond donors (Lipinski definition) is 2. The standard InChI is InChI=1S/C50H38N8O4S4/c59-47(35-20-16-33(17-21-35)27-57-29-39(53-55-57)31-65-43-12-3-1-10-41(43)51-49(61)45-14-6-24-63-45)37-8-5-9-38(26-37)48(60)36-22-18-34(19-23-36)28-58-30-40(54-56-58)32-66-44-13-4-2-11-42(44)52-50(62)46-15-7-25-64-46/h1-26,29-30H,27-28,31-32H2,(H,51,61)(H,52,62). The van der Waals surface area contributed by atoms with Crippen LogP contribution in [0.3, 0.4) is 0 Å². The van der Waals surface area contributed by atoms with E-state index in [2.05, 4.69) is 31.3 Å². The minimum absolute atomic E-state index is 0.138. The fraction of sp³-hybridized carbons (Fsp3) is 0.0800. The minimum Gasteiger partial charge on any atom is -0.320 e. The van der Waals surface area contributed by atoms with Gasteiger partial charge in [-0.05, 0) is 64.4 Å². The Kier molecular flexibility index (Phi) is 13.8. The third-order valence-corrected chi connectivity index (χ3v) is 14.1. The number of rotatable bonds is 18. The van der Waals surface area contributed by atoms with E-state index in [1.807, 2.05) is 108 Å². The average molecular weight is 943 g/mol. The molecule has 0 spiro atoms. The number of para-hydroxylation sites is 2. The first-order valence-corrected chi connectivity index (χ1v) is 24.3. The maximum Gasteiger partial charge on any atom is 0.265 e. The lowest BCUT2D eigenvalue weighted by Gasteiger charge is -2.09. The summed E-state index contributed by atoms with van der Waals surface area (Å²) in [6, 6.07) is 44.2. The van der Waals surface area contributed by atoms with Gasteiger partial charge in [-0.3, -0.25) is 19.2 Å². The van der Waals surface area contributed by atoms with Crippen molar-refractivity contribution < 1.29 is 19.2 Å². The fourth-order valence-electron chi connectivity index (χ4n) is 6.87. The van der Waals surface area contributed by atoms with Crippen LogP contribution in [0.15, 0.2) is 179 Å². The minimum atomic E-state index is -0.186. The summed E-state index contributed by atoms with van der Waals surface area (Å²) in [5, 5.41) is 27.1. The van der Waals surface area contributed by atoms with Gasteiger partial charge < -0.3 is 10.6 Å². The van der Waals surface area contributed by atoms with Crippen LogP contribution < -0.4 is 10.6 Å². The Bertz CT molecular complexity index is 2920. The van der Waals surface area contributed by atoms with E-state index in [4.69, 9.17) is 0 Å². The molecule has 0 aliphatic carbocycles. The van der Waals surface area contributed by atoms with Crippen LogP contribution in [0.2, 0.25) is 0 Å². The van der Waals surface area contributed by atoms with E-state index in [0.717, 1.165) is 43.7 Å². The lowest BCUT2D eigenvalue weighted by atomic mass is 9.96. The zero-order valence-corrected chi connectivity index (χ0v) is 38.2. The molecule has 2 N–H and O–H groups in total. The Hall–Kier alpha value is -7.24. The van der Waals surface area contributed by atoms with E-state index in [1.54, 1.807) is 93.6 Å². The quantitative estimate of drug-likeness (QED) is 0.0628. The topological polar surface area (TPSA) is 154 Å². The molecule has 0 aliphatic heterocycles. The van der Waals surface area contributed by atoms with Crippen molar-refractivity contribution in [1.82, 2.24) is 30.0 Å². The predicted molar refractivity (Wildman–Crippen MR) is 261 cm³/mol. The van der Waals surface area contributed by atoms with Gasteiger partial charge in [0.1, 0.15) is 0 Å². The molecule has 0 bridgehead atoms. The van der Waals surface area contributed by atoms with Crippen LogP contribution >= 0.6 is 46.2 Å². The summed E-state index contributed by atoms with van der Waals surface area (Å²) in [5.41, 5.74) is 6.82. The fourth-order valence-corrected chi connectivity index (χ4v) is 9.88. The van der Waals surface area contributed by atoms with Crippen molar-refractivity contribution in [2.75, 3.05) is 10.6 Å². The van der Waals surface area contributed by atoms with Crippen molar-refractivity contribution >= 4 is 81.0 Å². The molecule has 9 rings (SSSR count). The largest absolute Gasteiger partial charge is 0.320 e. The number of nitrogens with one attached hydrogen (secondary N) is 2. The maximum atomic E-state index is 13.6. The van der Waals surface area contributed by atoms with Crippen LogP contribution in [0, 0.1) is 0 Å². The van der Waals surface area contributed by atoms with Crippen molar-refractivity contribution in [2.24, 2.45) is 0 Å². The number of carbonyl (C=O) groups excluding carboxylic acids is 4. The molecule has 2 amide bonds. The second-order valence-electron chi connectivity index (χ2n) is 14.9. The van der Waals surface area contributed by atoms with Gasteiger partial charge in [-0.15, -0.1) is 56.4 Å². The zero-order valence-electron chi connectivity index (χ0n) is 34.9. The molecule has 9 aromatic rings. The SMILES string of the molecule is O=C(c1ccc(Cn2cc(CSc3ccccc3NC(=O)c3cccs3)nn2)cc1)c1cccc(C(=O)c2ccc(Cn3cc(CSc4ccccc4NC(=O)c4cccs4)nn3)cc2)c1. The van der Waals surface area contributed by atoms with E-state index in [9.17, 15) is 19.2 Å². The summed E-state index contributed by atoms with van der Waals surface area (Å²) in [5.74, 6) is 0.484.